The molecule has 1 aliphatic heterocycles. The van der Waals surface area contributed by atoms with E-state index in [-0.39, 0.29) is 12.1 Å². The quantitative estimate of drug-likeness (QED) is 0.337. The Bertz CT molecular complexity index is 1340. The number of ether oxygens (including phenoxy) is 1. The lowest BCUT2D eigenvalue weighted by Crippen LogP contribution is -2.30. The molecule has 1 fully saturated rings. The van der Waals surface area contributed by atoms with Crippen LogP contribution in [0.4, 0.5) is 11.4 Å². The van der Waals surface area contributed by atoms with Gasteiger partial charge >= 0.3 is 0 Å². The Morgan fingerprint density at radius 1 is 1.00 bits per heavy atom. The summed E-state index contributed by atoms with van der Waals surface area (Å²) >= 11 is 12.4. The van der Waals surface area contributed by atoms with E-state index in [1.807, 2.05) is 56.7 Å². The summed E-state index contributed by atoms with van der Waals surface area (Å²) in [5.74, 6) is 0.621. The van der Waals surface area contributed by atoms with E-state index in [2.05, 4.69) is 67.3 Å². The Balaban J connectivity index is 1.63. The first-order valence-corrected chi connectivity index (χ1v) is 12.1. The minimum absolute atomic E-state index is 0.153. The second kappa shape index (κ2) is 9.60. The van der Waals surface area contributed by atoms with Gasteiger partial charge in [0.2, 0.25) is 0 Å². The van der Waals surface area contributed by atoms with E-state index < -0.39 is 0 Å². The van der Waals surface area contributed by atoms with Crippen LogP contribution in [-0.2, 0) is 0 Å². The van der Waals surface area contributed by atoms with Crippen molar-refractivity contribution in [2.75, 3.05) is 31.0 Å². The van der Waals surface area contributed by atoms with Crippen LogP contribution in [0.1, 0.15) is 23.5 Å². The highest BCUT2D eigenvalue weighted by Gasteiger charge is 2.42. The van der Waals surface area contributed by atoms with E-state index in [9.17, 15) is 0 Å². The number of hydrogen-bond donors (Lipinski definition) is 1. The fraction of sp³-hybridized carbons (Fsp3) is 0.185. The third-order valence-corrected chi connectivity index (χ3v) is 6.85. The number of thiocarbonyl (C=S) groups is 1. The van der Waals surface area contributed by atoms with Crippen LogP contribution in [0.15, 0.2) is 85.2 Å². The van der Waals surface area contributed by atoms with Gasteiger partial charge in [-0.3, -0.25) is 4.98 Å². The Labute approximate surface area is 215 Å². The third-order valence-electron chi connectivity index (χ3n) is 6.24. The fourth-order valence-corrected chi connectivity index (χ4v) is 5.12. The van der Waals surface area contributed by atoms with Crippen molar-refractivity contribution in [2.45, 2.75) is 12.1 Å². The lowest BCUT2D eigenvalue weighted by Gasteiger charge is -2.29. The number of hydrogen-bond acceptors (Lipinski definition) is 4. The van der Waals surface area contributed by atoms with Crippen molar-refractivity contribution in [1.29, 1.82) is 0 Å². The Morgan fingerprint density at radius 3 is 2.43 bits per heavy atom. The van der Waals surface area contributed by atoms with E-state index in [0.29, 0.717) is 15.9 Å². The maximum Gasteiger partial charge on any atom is 0.174 e. The number of benzene rings is 2. The van der Waals surface area contributed by atoms with Crippen LogP contribution in [0.2, 0.25) is 5.02 Å². The van der Waals surface area contributed by atoms with Gasteiger partial charge in [-0.25, -0.2) is 0 Å². The maximum absolute atomic E-state index is 6.51. The number of halogens is 1. The predicted octanol–water partition coefficient (Wildman–Crippen LogP) is 5.78. The molecule has 5 rings (SSSR count). The largest absolute Gasteiger partial charge is 0.495 e. The lowest BCUT2D eigenvalue weighted by molar-refractivity contribution is 0.415. The normalized spacial score (nSPS) is 17.4. The Kier molecular flexibility index (Phi) is 6.36. The summed E-state index contributed by atoms with van der Waals surface area (Å²) in [6.45, 7) is 0. The average Bonchev–Trinajstić information content (AvgIpc) is 3.49. The Morgan fingerprint density at radius 2 is 1.77 bits per heavy atom. The molecule has 0 bridgehead atoms. The van der Waals surface area contributed by atoms with Gasteiger partial charge < -0.3 is 24.4 Å². The summed E-state index contributed by atoms with van der Waals surface area (Å²) in [6.07, 6.45) is 3.89. The van der Waals surface area contributed by atoms with E-state index in [0.717, 1.165) is 28.5 Å². The van der Waals surface area contributed by atoms with Crippen LogP contribution in [0, 0.1) is 0 Å². The van der Waals surface area contributed by atoms with Gasteiger partial charge in [-0.2, -0.15) is 0 Å². The number of nitrogens with one attached hydrogen (secondary N) is 1. The van der Waals surface area contributed by atoms with Crippen molar-refractivity contribution in [3.8, 4) is 11.4 Å². The second-order valence-electron chi connectivity index (χ2n) is 8.53. The third kappa shape index (κ3) is 4.33. The molecule has 178 valence electrons. The molecule has 0 amide bonds. The van der Waals surface area contributed by atoms with Gasteiger partial charge in [0.05, 0.1) is 23.9 Å². The van der Waals surface area contributed by atoms with Gasteiger partial charge in [-0.15, -0.1) is 0 Å². The highest BCUT2D eigenvalue weighted by Crippen LogP contribution is 2.43. The van der Waals surface area contributed by atoms with Crippen LogP contribution >= 0.6 is 23.8 Å². The highest BCUT2D eigenvalue weighted by molar-refractivity contribution is 7.80. The maximum atomic E-state index is 6.51. The van der Waals surface area contributed by atoms with Gasteiger partial charge in [0.25, 0.3) is 0 Å². The molecule has 4 aromatic rings. The minimum Gasteiger partial charge on any atom is -0.495 e. The van der Waals surface area contributed by atoms with Crippen molar-refractivity contribution >= 4 is 40.3 Å². The zero-order valence-corrected chi connectivity index (χ0v) is 21.3. The van der Waals surface area contributed by atoms with Crippen molar-refractivity contribution in [3.05, 3.63) is 102 Å². The molecule has 6 nitrogen and oxygen atoms in total. The topological polar surface area (TPSA) is 45.6 Å². The number of rotatable bonds is 6. The first-order valence-electron chi connectivity index (χ1n) is 11.3. The summed E-state index contributed by atoms with van der Waals surface area (Å²) < 4.78 is 7.57. The summed E-state index contributed by atoms with van der Waals surface area (Å²) in [6, 6.07) is 24.0. The van der Waals surface area contributed by atoms with Crippen LogP contribution < -0.4 is 19.9 Å². The van der Waals surface area contributed by atoms with Crippen LogP contribution in [-0.4, -0.2) is 35.9 Å². The summed E-state index contributed by atoms with van der Waals surface area (Å²) in [4.78, 5) is 8.85. The second-order valence-corrected chi connectivity index (χ2v) is 9.32. The zero-order chi connectivity index (χ0) is 24.5. The van der Waals surface area contributed by atoms with Crippen LogP contribution in [0.3, 0.4) is 0 Å². The molecular formula is C27H26ClN5OS. The van der Waals surface area contributed by atoms with Gasteiger partial charge in [0.15, 0.2) is 5.11 Å². The van der Waals surface area contributed by atoms with Gasteiger partial charge in [0.1, 0.15) is 11.8 Å². The van der Waals surface area contributed by atoms with Crippen molar-refractivity contribution in [3.63, 3.8) is 0 Å². The SMILES string of the molecule is COc1ccc(N2C(=S)N[C@@H](c3ccccn3)[C@@H]2c2cccn2-c2ccc(N(C)C)cc2)cc1Cl. The molecule has 3 heterocycles. The molecule has 0 unspecified atom stereocenters. The zero-order valence-electron chi connectivity index (χ0n) is 19.7. The number of aromatic nitrogens is 2. The van der Waals surface area contributed by atoms with E-state index in [4.69, 9.17) is 28.6 Å². The number of nitrogens with zero attached hydrogens (tertiary/aromatic N) is 4. The van der Waals surface area contributed by atoms with Crippen molar-refractivity contribution < 1.29 is 4.74 Å². The molecule has 0 aliphatic carbocycles. The molecule has 0 radical (unpaired) electrons. The average molecular weight is 504 g/mol. The van der Waals surface area contributed by atoms with E-state index >= 15 is 0 Å². The van der Waals surface area contributed by atoms with Crippen LogP contribution in [0.5, 0.6) is 5.75 Å². The molecule has 1 N–H and O–H groups in total. The van der Waals surface area contributed by atoms with Crippen molar-refractivity contribution in [2.24, 2.45) is 0 Å². The molecule has 2 atom stereocenters. The van der Waals surface area contributed by atoms with E-state index in [1.165, 1.54) is 0 Å². The van der Waals surface area contributed by atoms with Gasteiger partial charge in [-0.05, 0) is 78.9 Å². The number of anilines is 2. The monoisotopic (exact) mass is 503 g/mol. The molecule has 0 spiro atoms. The van der Waals surface area contributed by atoms with E-state index in [1.54, 1.807) is 7.11 Å². The molecule has 8 heteroatoms. The van der Waals surface area contributed by atoms with Gasteiger partial charge in [-0.1, -0.05) is 17.7 Å². The minimum atomic E-state index is -0.162. The van der Waals surface area contributed by atoms with Crippen molar-refractivity contribution in [1.82, 2.24) is 14.9 Å². The molecule has 1 aliphatic rings. The first-order chi connectivity index (χ1) is 17.0. The summed E-state index contributed by atoms with van der Waals surface area (Å²) in [5, 5.41) is 4.65. The highest BCUT2D eigenvalue weighted by atomic mass is 35.5. The number of methoxy groups -OCH3 is 1. The van der Waals surface area contributed by atoms with Crippen LogP contribution in [0.25, 0.3) is 5.69 Å². The first kappa shape index (κ1) is 23.2. The molecule has 2 aromatic heterocycles. The predicted molar refractivity (Wildman–Crippen MR) is 146 cm³/mol. The molecule has 0 saturated carbocycles. The smallest absolute Gasteiger partial charge is 0.174 e. The standard InChI is InChI=1S/C27H26ClN5OS/c1-31(2)18-9-11-19(12-10-18)32-16-6-8-23(32)26-25(22-7-4-5-15-29-22)30-27(35)33(26)20-13-14-24(34-3)21(28)17-20/h4-17,25-26H,1-3H3,(H,30,35)/t25-,26-/m0/s1. The Hall–Kier alpha value is -3.55. The summed E-state index contributed by atoms with van der Waals surface area (Å²) in [5.41, 5.74) is 5.09. The molecule has 35 heavy (non-hydrogen) atoms. The molecule has 1 saturated heterocycles. The van der Waals surface area contributed by atoms with Gasteiger partial charge in [0, 0.05) is 49.2 Å². The lowest BCUT2D eigenvalue weighted by atomic mass is 10.0. The summed E-state index contributed by atoms with van der Waals surface area (Å²) in [7, 11) is 5.68. The fourth-order valence-electron chi connectivity index (χ4n) is 4.52. The molecule has 2 aromatic carbocycles. The molecular weight excluding hydrogens is 478 g/mol. The number of pyridine rings is 1.